The first-order chi connectivity index (χ1) is 5.72. The molecule has 0 aliphatic heterocycles. The first-order valence-electron chi connectivity index (χ1n) is 3.77. The lowest BCUT2D eigenvalue weighted by atomic mass is 10.5. The molecule has 0 radical (unpaired) electrons. The summed E-state index contributed by atoms with van der Waals surface area (Å²) in [5.41, 5.74) is 5.98. The van der Waals surface area contributed by atoms with Gasteiger partial charge in [-0.25, -0.2) is 0 Å². The molecule has 3 N–H and O–H groups in total. The third kappa shape index (κ3) is 2.26. The predicted molar refractivity (Wildman–Crippen MR) is 45.3 cm³/mol. The summed E-state index contributed by atoms with van der Waals surface area (Å²) in [6.45, 7) is 2.73. The highest BCUT2D eigenvalue weighted by atomic mass is 16.2. The van der Waals surface area contributed by atoms with E-state index in [0.717, 1.165) is 0 Å². The molecule has 5 nitrogen and oxygen atoms in total. The first kappa shape index (κ1) is 8.58. The molecule has 12 heavy (non-hydrogen) atoms. The van der Waals surface area contributed by atoms with Crippen LogP contribution >= 0.6 is 0 Å². The van der Waals surface area contributed by atoms with Crippen LogP contribution in [0.1, 0.15) is 6.92 Å². The van der Waals surface area contributed by atoms with Crippen LogP contribution < -0.4 is 11.1 Å². The lowest BCUT2D eigenvalue weighted by Gasteiger charge is -2.00. The highest BCUT2D eigenvalue weighted by Crippen LogP contribution is 1.96. The van der Waals surface area contributed by atoms with Crippen molar-refractivity contribution in [2.75, 3.05) is 12.3 Å². The SMILES string of the molecule is CCNC(=O)Cn1cc(N)cn1. The lowest BCUT2D eigenvalue weighted by Crippen LogP contribution is -2.27. The van der Waals surface area contributed by atoms with Crippen LogP contribution in [0, 0.1) is 0 Å². The molecule has 0 aromatic carbocycles. The molecule has 0 bridgehead atoms. The van der Waals surface area contributed by atoms with E-state index in [1.54, 1.807) is 6.20 Å². The Balaban J connectivity index is 2.46. The van der Waals surface area contributed by atoms with Gasteiger partial charge in [0, 0.05) is 12.7 Å². The number of nitrogens with one attached hydrogen (secondary N) is 1. The maximum Gasteiger partial charge on any atom is 0.241 e. The van der Waals surface area contributed by atoms with Gasteiger partial charge in [-0.3, -0.25) is 9.48 Å². The molecule has 0 atom stereocenters. The van der Waals surface area contributed by atoms with Gasteiger partial charge in [-0.1, -0.05) is 0 Å². The molecular formula is C7H12N4O. The molecule has 66 valence electrons. The summed E-state index contributed by atoms with van der Waals surface area (Å²) in [6.07, 6.45) is 3.13. The third-order valence-corrected chi connectivity index (χ3v) is 1.33. The van der Waals surface area contributed by atoms with Crippen LogP contribution in [0.5, 0.6) is 0 Å². The van der Waals surface area contributed by atoms with Gasteiger partial charge in [-0.2, -0.15) is 5.10 Å². The molecule has 0 unspecified atom stereocenters. The number of anilines is 1. The zero-order valence-electron chi connectivity index (χ0n) is 6.95. The van der Waals surface area contributed by atoms with Crippen LogP contribution in [0.15, 0.2) is 12.4 Å². The summed E-state index contributed by atoms with van der Waals surface area (Å²) < 4.78 is 1.50. The lowest BCUT2D eigenvalue weighted by molar-refractivity contribution is -0.121. The van der Waals surface area contributed by atoms with E-state index in [2.05, 4.69) is 10.4 Å². The second-order valence-electron chi connectivity index (χ2n) is 2.42. The molecular weight excluding hydrogens is 156 g/mol. The quantitative estimate of drug-likeness (QED) is 0.645. The Morgan fingerprint density at radius 3 is 3.08 bits per heavy atom. The van der Waals surface area contributed by atoms with Crippen LogP contribution in [0.25, 0.3) is 0 Å². The number of likely N-dealkylation sites (N-methyl/N-ethyl adjacent to an activating group) is 1. The summed E-state index contributed by atoms with van der Waals surface area (Å²) >= 11 is 0. The molecule has 5 heteroatoms. The molecule has 0 saturated carbocycles. The van der Waals surface area contributed by atoms with Crippen molar-refractivity contribution in [3.8, 4) is 0 Å². The number of aromatic nitrogens is 2. The van der Waals surface area contributed by atoms with Gasteiger partial charge in [0.1, 0.15) is 6.54 Å². The Morgan fingerprint density at radius 1 is 1.83 bits per heavy atom. The van der Waals surface area contributed by atoms with E-state index in [1.165, 1.54) is 10.9 Å². The fraction of sp³-hybridized carbons (Fsp3) is 0.429. The Kier molecular flexibility index (Phi) is 2.68. The second-order valence-corrected chi connectivity index (χ2v) is 2.42. The highest BCUT2D eigenvalue weighted by Gasteiger charge is 2.00. The average Bonchev–Trinajstić information content (AvgIpc) is 2.36. The number of carbonyl (C=O) groups is 1. The molecule has 1 aromatic rings. The fourth-order valence-corrected chi connectivity index (χ4v) is 0.866. The van der Waals surface area contributed by atoms with Crippen molar-refractivity contribution in [2.45, 2.75) is 13.5 Å². The number of nitrogen functional groups attached to an aromatic ring is 1. The van der Waals surface area contributed by atoms with E-state index in [1.807, 2.05) is 6.92 Å². The molecule has 0 saturated heterocycles. The number of carbonyl (C=O) groups excluding carboxylic acids is 1. The van der Waals surface area contributed by atoms with Crippen LogP contribution in [0.4, 0.5) is 5.69 Å². The molecule has 0 fully saturated rings. The predicted octanol–water partition coefficient (Wildman–Crippen LogP) is -0.399. The zero-order chi connectivity index (χ0) is 8.97. The number of nitrogens with two attached hydrogens (primary N) is 1. The van der Waals surface area contributed by atoms with Gasteiger partial charge < -0.3 is 11.1 Å². The standard InChI is InChI=1S/C7H12N4O/c1-2-9-7(12)5-11-4-6(8)3-10-11/h3-4H,2,5,8H2,1H3,(H,9,12). The second kappa shape index (κ2) is 3.75. The fourth-order valence-electron chi connectivity index (χ4n) is 0.866. The number of hydrogen-bond acceptors (Lipinski definition) is 3. The first-order valence-corrected chi connectivity index (χ1v) is 3.77. The maximum atomic E-state index is 11.0. The normalized spacial score (nSPS) is 9.75. The minimum absolute atomic E-state index is 0.0550. The van der Waals surface area contributed by atoms with Crippen LogP contribution in [0.2, 0.25) is 0 Å². The largest absolute Gasteiger partial charge is 0.396 e. The summed E-state index contributed by atoms with van der Waals surface area (Å²) in [5.74, 6) is -0.0550. The average molecular weight is 168 g/mol. The Hall–Kier alpha value is -1.52. The maximum absolute atomic E-state index is 11.0. The Morgan fingerprint density at radius 2 is 2.58 bits per heavy atom. The van der Waals surface area contributed by atoms with Gasteiger partial charge in [0.05, 0.1) is 11.9 Å². The van der Waals surface area contributed by atoms with E-state index >= 15 is 0 Å². The monoisotopic (exact) mass is 168 g/mol. The van der Waals surface area contributed by atoms with Crippen LogP contribution in [-0.2, 0) is 11.3 Å². The van der Waals surface area contributed by atoms with E-state index in [-0.39, 0.29) is 12.5 Å². The Bertz CT molecular complexity index is 268. The van der Waals surface area contributed by atoms with Gasteiger partial charge in [0.2, 0.25) is 5.91 Å². The molecule has 1 rings (SSSR count). The van der Waals surface area contributed by atoms with Gasteiger partial charge in [0.25, 0.3) is 0 Å². The van der Waals surface area contributed by atoms with Gasteiger partial charge in [-0.15, -0.1) is 0 Å². The van der Waals surface area contributed by atoms with E-state index in [9.17, 15) is 4.79 Å². The molecule has 1 heterocycles. The van der Waals surface area contributed by atoms with Crippen molar-refractivity contribution in [3.05, 3.63) is 12.4 Å². The minimum atomic E-state index is -0.0550. The van der Waals surface area contributed by atoms with E-state index < -0.39 is 0 Å². The summed E-state index contributed by atoms with van der Waals surface area (Å²) in [7, 11) is 0. The molecule has 1 aromatic heterocycles. The van der Waals surface area contributed by atoms with E-state index in [0.29, 0.717) is 12.2 Å². The topological polar surface area (TPSA) is 72.9 Å². The highest BCUT2D eigenvalue weighted by molar-refractivity contribution is 5.75. The third-order valence-electron chi connectivity index (χ3n) is 1.33. The van der Waals surface area contributed by atoms with Crippen molar-refractivity contribution >= 4 is 11.6 Å². The van der Waals surface area contributed by atoms with Gasteiger partial charge in [-0.05, 0) is 6.92 Å². The van der Waals surface area contributed by atoms with Crippen LogP contribution in [0.3, 0.4) is 0 Å². The van der Waals surface area contributed by atoms with Gasteiger partial charge in [0.15, 0.2) is 0 Å². The zero-order valence-corrected chi connectivity index (χ0v) is 6.95. The van der Waals surface area contributed by atoms with Crippen molar-refractivity contribution in [2.24, 2.45) is 0 Å². The van der Waals surface area contributed by atoms with Crippen molar-refractivity contribution < 1.29 is 4.79 Å². The summed E-state index contributed by atoms with van der Waals surface area (Å²) in [6, 6.07) is 0. The van der Waals surface area contributed by atoms with Crippen molar-refractivity contribution in [1.29, 1.82) is 0 Å². The number of amides is 1. The summed E-state index contributed by atoms with van der Waals surface area (Å²) in [4.78, 5) is 11.0. The van der Waals surface area contributed by atoms with E-state index in [4.69, 9.17) is 5.73 Å². The Labute approximate surface area is 70.5 Å². The number of nitrogens with zero attached hydrogens (tertiary/aromatic N) is 2. The van der Waals surface area contributed by atoms with Crippen molar-refractivity contribution in [3.63, 3.8) is 0 Å². The number of hydrogen-bond donors (Lipinski definition) is 2. The molecule has 0 spiro atoms. The molecule has 0 aliphatic carbocycles. The molecule has 0 aliphatic rings. The van der Waals surface area contributed by atoms with Crippen molar-refractivity contribution in [1.82, 2.24) is 15.1 Å². The minimum Gasteiger partial charge on any atom is -0.396 e. The summed E-state index contributed by atoms with van der Waals surface area (Å²) in [5, 5.41) is 6.53. The smallest absolute Gasteiger partial charge is 0.241 e. The molecule has 1 amide bonds. The van der Waals surface area contributed by atoms with Gasteiger partial charge >= 0.3 is 0 Å². The van der Waals surface area contributed by atoms with Crippen LogP contribution in [-0.4, -0.2) is 22.2 Å². The number of rotatable bonds is 3.